The summed E-state index contributed by atoms with van der Waals surface area (Å²) in [6.07, 6.45) is 7.34. The van der Waals surface area contributed by atoms with Gasteiger partial charge in [-0.2, -0.15) is 65.9 Å². The van der Waals surface area contributed by atoms with Crippen LogP contribution in [0, 0.1) is 5.92 Å². The molecule has 48 heteroatoms. The summed E-state index contributed by atoms with van der Waals surface area (Å²) in [6, 6.07) is 7.74. The number of halogens is 17. The Balaban J connectivity index is 0.000000121. The van der Waals surface area contributed by atoms with Crippen LogP contribution in [0.3, 0.4) is 0 Å². The zero-order valence-electron chi connectivity index (χ0n) is 68.7. The Hall–Kier alpha value is -13.0. The zero-order chi connectivity index (χ0) is 91.5. The van der Waals surface area contributed by atoms with Crippen molar-refractivity contribution in [1.29, 1.82) is 0 Å². The number of hydrogen-bond acceptors (Lipinski definition) is 27. The number of imidazole rings is 4. The topological polar surface area (TPSA) is 322 Å². The minimum atomic E-state index is -4.62. The molecule has 0 aliphatic carbocycles. The van der Waals surface area contributed by atoms with Gasteiger partial charge in [-0.25, -0.2) is 79.7 Å². The second-order valence-corrected chi connectivity index (χ2v) is 32.5. The van der Waals surface area contributed by atoms with Crippen LogP contribution in [0.5, 0.6) is 0 Å². The van der Waals surface area contributed by atoms with E-state index >= 15 is 0 Å². The average molecular weight is 1850 g/mol. The van der Waals surface area contributed by atoms with Crippen LogP contribution in [0.2, 0.25) is 0 Å². The molecule has 676 valence electrons. The van der Waals surface area contributed by atoms with Gasteiger partial charge in [-0.1, -0.05) is 29.3 Å². The summed E-state index contributed by atoms with van der Waals surface area (Å²) in [7, 11) is 0. The number of aliphatic imine (C=N–C) groups is 4. The lowest BCUT2D eigenvalue weighted by Gasteiger charge is -2.44. The summed E-state index contributed by atoms with van der Waals surface area (Å²) in [6.45, 7) is 14.1. The molecule has 4 fully saturated rings. The average Bonchev–Trinajstić information content (AvgIpc) is 1.75. The predicted octanol–water partition coefficient (Wildman–Crippen LogP) is 13.0. The van der Waals surface area contributed by atoms with E-state index in [0.717, 1.165) is 95.4 Å². The van der Waals surface area contributed by atoms with Crippen molar-refractivity contribution in [2.75, 3.05) is 91.6 Å². The zero-order valence-corrected chi connectivity index (χ0v) is 70.2. The Kier molecular flexibility index (Phi) is 24.5. The van der Waals surface area contributed by atoms with E-state index in [2.05, 4.69) is 159 Å². The van der Waals surface area contributed by atoms with Crippen LogP contribution in [-0.2, 0) is 24.7 Å². The number of allylic oxidation sites excluding steroid dienone is 1. The summed E-state index contributed by atoms with van der Waals surface area (Å²) in [5.74, 6) is 3.40. The molecule has 0 saturated carbocycles. The van der Waals surface area contributed by atoms with Gasteiger partial charge in [0.05, 0.1) is 99.5 Å². The second-order valence-electron chi connectivity index (χ2n) is 31.6. The van der Waals surface area contributed by atoms with Gasteiger partial charge in [0.15, 0.2) is 68.7 Å². The molecule has 0 bridgehead atoms. The van der Waals surface area contributed by atoms with Gasteiger partial charge >= 0.3 is 30.9 Å². The molecule has 0 spiro atoms. The van der Waals surface area contributed by atoms with E-state index in [1.165, 1.54) is 48.6 Å². The molecule has 8 aliphatic heterocycles. The number of piperidine rings is 1. The van der Waals surface area contributed by atoms with Crippen molar-refractivity contribution >= 4 is 93.4 Å². The smallest absolute Gasteiger partial charge is 0.356 e. The minimum Gasteiger partial charge on any atom is -0.356 e. The summed E-state index contributed by atoms with van der Waals surface area (Å²) in [4.78, 5) is 91.0. The van der Waals surface area contributed by atoms with Crippen molar-refractivity contribution in [3.8, 4) is 46.1 Å². The van der Waals surface area contributed by atoms with Crippen LogP contribution < -0.4 is 35.6 Å². The number of piperazine rings is 3. The molecule has 8 atom stereocenters. The number of anilines is 4. The molecule has 3 N–H and O–H groups in total. The van der Waals surface area contributed by atoms with E-state index in [0.29, 0.717) is 123 Å². The lowest BCUT2D eigenvalue weighted by Crippen LogP contribution is -2.61. The minimum absolute atomic E-state index is 0.00729. The first-order valence-corrected chi connectivity index (χ1v) is 41.3. The summed E-state index contributed by atoms with van der Waals surface area (Å²) in [5, 5.41) is 12.1. The second kappa shape index (κ2) is 35.8. The highest BCUT2D eigenvalue weighted by molar-refractivity contribution is 6.32. The Morgan fingerprint density at radius 3 is 1.14 bits per heavy atom. The summed E-state index contributed by atoms with van der Waals surface area (Å²) < 4.78 is 202. The summed E-state index contributed by atoms with van der Waals surface area (Å²) in [5.41, 5.74) is 1.15. The third kappa shape index (κ3) is 19.2. The normalized spacial score (nSPS) is 21.6. The molecule has 20 heterocycles. The van der Waals surface area contributed by atoms with Crippen molar-refractivity contribution in [3.63, 3.8) is 0 Å². The molecule has 12 aromatic heterocycles. The molecule has 130 heavy (non-hydrogen) atoms. The van der Waals surface area contributed by atoms with Crippen molar-refractivity contribution in [3.05, 3.63) is 191 Å². The lowest BCUT2D eigenvalue weighted by atomic mass is 9.92. The Morgan fingerprint density at radius 1 is 0.392 bits per heavy atom. The Labute approximate surface area is 737 Å². The van der Waals surface area contributed by atoms with Crippen LogP contribution in [0.25, 0.3) is 68.7 Å². The molecule has 12 aromatic rings. The van der Waals surface area contributed by atoms with E-state index in [9.17, 15) is 65.9 Å². The number of aromatic nitrogens is 20. The highest BCUT2D eigenvalue weighted by atomic mass is 35.5. The van der Waals surface area contributed by atoms with Crippen LogP contribution in [0.15, 0.2) is 188 Å². The first-order valence-electron chi connectivity index (χ1n) is 40.5. The van der Waals surface area contributed by atoms with Crippen molar-refractivity contribution in [2.45, 2.75) is 114 Å². The number of nitrogens with one attached hydrogen (secondary N) is 3. The van der Waals surface area contributed by atoms with E-state index in [1.54, 1.807) is 49.2 Å². The molecule has 0 aromatic carbocycles. The third-order valence-electron chi connectivity index (χ3n) is 22.5. The fourth-order valence-corrected chi connectivity index (χ4v) is 16.8. The highest BCUT2D eigenvalue weighted by Gasteiger charge is 2.42. The van der Waals surface area contributed by atoms with Crippen LogP contribution in [0.4, 0.5) is 89.1 Å². The van der Waals surface area contributed by atoms with Gasteiger partial charge in [0.2, 0.25) is 0 Å². The lowest BCUT2D eigenvalue weighted by molar-refractivity contribution is -0.142. The van der Waals surface area contributed by atoms with Gasteiger partial charge in [0, 0.05) is 171 Å². The summed E-state index contributed by atoms with van der Waals surface area (Å²) >= 11 is 12.6. The first kappa shape index (κ1) is 89.0. The Bertz CT molecular complexity index is 6330. The maximum atomic E-state index is 13.2. The van der Waals surface area contributed by atoms with Gasteiger partial charge in [-0.05, 0) is 76.5 Å². The molecule has 0 radical (unpaired) electrons. The largest absolute Gasteiger partial charge is 0.434 e. The molecule has 8 aliphatic rings. The fraction of sp³-hybridized carbons (Fsp3) is 0.366. The van der Waals surface area contributed by atoms with Crippen molar-refractivity contribution in [1.82, 2.24) is 113 Å². The SMILES string of the molecule is CC1CN(c2ccnc(-c3cnc4cnc(C(F)(F)F)cn34)n2)C(C)C(C2=CCN=C2)N1.CC1CN(c2ccnc(-c3cnc4cnc(C(F)(F)F)cn34)n2)CC(C2=C(Cl)CN=C2)N1.CC1CN(c2ccnc(-c3cnc4cnc(C(F)(F)F)cn34)n2)CC(C2=C(Cl)CN=C2)N1.FC(F)(F)C1=CC(C2CCCN(c3ccnc(-c4cnc5cnc(C(F)(F)F)cn45)n3)C2)=NC1. The molecule has 20 rings (SSSR count). The van der Waals surface area contributed by atoms with E-state index in [4.69, 9.17) is 28.2 Å². The standard InChI is InChI=1S/C21H17F6N7.C21H21F3N8.2C20H18ClF3N8/c22-20(23,24)13-6-14(29-7-13)12-2-1-5-33(10-12)17-3-4-28-19(32-17)15-8-31-18-9-30-16(11-34(15)18)21(25,26)27;1-12-10-31(13(2)19(29-12)14-3-5-25-7-14)17-4-6-26-20(30-17)15-8-28-18-9-27-16(11-32(15)18)21(22,23)24;2*1-11-8-31(9-14(29-11)12-4-25-5-13(12)21)17-2-3-26-19(30-17)15-6-28-18-7-27-16(10-32(15)18)20(22,23)24/h3-4,6,8-9,11-12H,1-2,5,7,10H2;3-4,6-9,11-13,19,29H,5,10H2,1-2H3;2*2-4,6-7,10-11,14,29H,5,8-9H2,1H3. The van der Waals surface area contributed by atoms with Crippen LogP contribution >= 0.6 is 23.2 Å². The molecular formula is C82H74Cl2F15N31. The van der Waals surface area contributed by atoms with E-state index < -0.39 is 59.2 Å². The van der Waals surface area contributed by atoms with Crippen LogP contribution in [0.1, 0.15) is 63.3 Å². The van der Waals surface area contributed by atoms with Gasteiger partial charge in [-0.3, -0.25) is 37.6 Å². The third-order valence-corrected chi connectivity index (χ3v) is 23.1. The quantitative estimate of drug-likeness (QED) is 0.0957. The maximum Gasteiger partial charge on any atom is 0.434 e. The maximum absolute atomic E-state index is 13.2. The molecule has 31 nitrogen and oxygen atoms in total. The number of nitrogens with zero attached hydrogens (tertiary/aromatic N) is 28. The monoisotopic (exact) mass is 1850 g/mol. The fourth-order valence-electron chi connectivity index (χ4n) is 16.3. The predicted molar refractivity (Wildman–Crippen MR) is 452 cm³/mol. The van der Waals surface area contributed by atoms with Gasteiger partial charge in [0.25, 0.3) is 0 Å². The number of alkyl halides is 15. The molecular weight excluding hydrogens is 1770 g/mol. The molecule has 0 amide bonds. The van der Waals surface area contributed by atoms with Crippen molar-refractivity contribution < 1.29 is 65.9 Å². The van der Waals surface area contributed by atoms with Crippen molar-refractivity contribution in [2.24, 2.45) is 25.9 Å². The van der Waals surface area contributed by atoms with E-state index in [1.807, 2.05) is 17.2 Å². The number of fused-ring (bicyclic) bond motifs is 4. The first-order chi connectivity index (χ1) is 62.0. The van der Waals surface area contributed by atoms with Gasteiger partial charge in [0.1, 0.15) is 46.0 Å². The van der Waals surface area contributed by atoms with Gasteiger partial charge in [-0.15, -0.1) is 0 Å². The molecule has 8 unspecified atom stereocenters. The number of rotatable bonds is 12. The van der Waals surface area contributed by atoms with E-state index in [-0.39, 0.29) is 94.9 Å². The number of hydrogen-bond donors (Lipinski definition) is 3. The van der Waals surface area contributed by atoms with Crippen LogP contribution in [-0.4, -0.2) is 242 Å². The van der Waals surface area contributed by atoms with Gasteiger partial charge < -0.3 is 35.6 Å². The molecule has 4 saturated heterocycles. The highest BCUT2D eigenvalue weighted by Crippen LogP contribution is 2.38. The Morgan fingerprint density at radius 2 is 0.777 bits per heavy atom.